The molecular weight excluding hydrogens is 253 g/mol. The number of ketones is 1. The summed E-state index contributed by atoms with van der Waals surface area (Å²) in [6.07, 6.45) is 9.23. The average Bonchev–Trinajstić information content (AvgIpc) is 2.85. The van der Waals surface area contributed by atoms with Crippen LogP contribution in [0.5, 0.6) is 0 Å². The Bertz CT molecular complexity index is 573. The molecule has 2 rings (SSSR count). The topological polar surface area (TPSA) is 32.9 Å². The van der Waals surface area contributed by atoms with Gasteiger partial charge >= 0.3 is 0 Å². The Kier molecular flexibility index (Phi) is 5.33. The van der Waals surface area contributed by atoms with Crippen molar-refractivity contribution in [1.29, 1.82) is 0 Å². The fourth-order valence-electron chi connectivity index (χ4n) is 2.52. The second kappa shape index (κ2) is 7.22. The molecule has 20 heavy (non-hydrogen) atoms. The molecule has 0 saturated carbocycles. The average molecular weight is 275 g/mol. The molecule has 1 N–H and O–H groups in total. The lowest BCUT2D eigenvalue weighted by Crippen LogP contribution is -1.98. The number of Topliss-reactive ketones (excluding diaryl/α,β-unsaturated/α-hetero) is 1. The number of nitrogens with one attached hydrogen (secondary N) is 1. The molecule has 0 unspecified atom stereocenters. The van der Waals surface area contributed by atoms with Crippen LogP contribution in [0.15, 0.2) is 24.4 Å². The minimum atomic E-state index is -0.300. The molecule has 0 aliphatic heterocycles. The third kappa shape index (κ3) is 3.69. The molecule has 0 atom stereocenters. The van der Waals surface area contributed by atoms with Crippen molar-refractivity contribution in [2.45, 2.75) is 51.9 Å². The molecule has 0 fully saturated rings. The van der Waals surface area contributed by atoms with Crippen molar-refractivity contribution in [2.75, 3.05) is 0 Å². The number of aromatic amines is 1. The third-order valence-corrected chi connectivity index (χ3v) is 3.70. The molecule has 108 valence electrons. The smallest absolute Gasteiger partial charge is 0.165 e. The highest BCUT2D eigenvalue weighted by atomic mass is 19.1. The summed E-state index contributed by atoms with van der Waals surface area (Å²) in [7, 11) is 0. The Morgan fingerprint density at radius 2 is 1.90 bits per heavy atom. The first-order chi connectivity index (χ1) is 9.72. The molecule has 0 radical (unpaired) electrons. The van der Waals surface area contributed by atoms with E-state index in [1.54, 1.807) is 12.3 Å². The maximum absolute atomic E-state index is 13.3. The van der Waals surface area contributed by atoms with Crippen LogP contribution in [0.25, 0.3) is 10.9 Å². The number of hydrogen-bond acceptors (Lipinski definition) is 1. The minimum Gasteiger partial charge on any atom is -0.360 e. The molecule has 0 bridgehead atoms. The van der Waals surface area contributed by atoms with E-state index in [2.05, 4.69) is 11.9 Å². The van der Waals surface area contributed by atoms with Gasteiger partial charge in [0.25, 0.3) is 0 Å². The van der Waals surface area contributed by atoms with Crippen molar-refractivity contribution in [3.8, 4) is 0 Å². The molecular formula is C17H22FNO. The van der Waals surface area contributed by atoms with Crippen LogP contribution in [0.1, 0.15) is 62.2 Å². The van der Waals surface area contributed by atoms with Crippen LogP contribution in [0, 0.1) is 5.82 Å². The van der Waals surface area contributed by atoms with E-state index < -0.39 is 0 Å². The van der Waals surface area contributed by atoms with Crippen molar-refractivity contribution >= 4 is 16.7 Å². The molecule has 3 heteroatoms. The summed E-state index contributed by atoms with van der Waals surface area (Å²) in [5.74, 6) is -0.192. The normalized spacial score (nSPS) is 11.1. The monoisotopic (exact) mass is 275 g/mol. The van der Waals surface area contributed by atoms with Gasteiger partial charge in [0, 0.05) is 29.1 Å². The van der Waals surface area contributed by atoms with Gasteiger partial charge in [-0.1, -0.05) is 39.0 Å². The van der Waals surface area contributed by atoms with Gasteiger partial charge in [0.2, 0.25) is 0 Å². The van der Waals surface area contributed by atoms with Gasteiger partial charge in [0.1, 0.15) is 5.82 Å². The van der Waals surface area contributed by atoms with Gasteiger partial charge in [-0.15, -0.1) is 0 Å². The van der Waals surface area contributed by atoms with Crippen LogP contribution in [0.2, 0.25) is 0 Å². The fourth-order valence-corrected chi connectivity index (χ4v) is 2.52. The zero-order valence-corrected chi connectivity index (χ0v) is 12.0. The zero-order valence-electron chi connectivity index (χ0n) is 12.0. The minimum absolute atomic E-state index is 0.109. The van der Waals surface area contributed by atoms with E-state index >= 15 is 0 Å². The Hall–Kier alpha value is -1.64. The van der Waals surface area contributed by atoms with Crippen molar-refractivity contribution in [1.82, 2.24) is 4.98 Å². The Balaban J connectivity index is 1.89. The fraction of sp³-hybridized carbons (Fsp3) is 0.471. The van der Waals surface area contributed by atoms with Gasteiger partial charge in [0.05, 0.1) is 0 Å². The van der Waals surface area contributed by atoms with Gasteiger partial charge in [-0.25, -0.2) is 4.39 Å². The number of hydrogen-bond donors (Lipinski definition) is 1. The Labute approximate surface area is 119 Å². The number of benzene rings is 1. The number of rotatable bonds is 8. The standard InChI is InChI=1S/C17H22FNO/c1-2-3-4-5-6-7-8-17(20)15-12-19-16-10-9-13(18)11-14(15)16/h9-12,19H,2-8H2,1H3. The summed E-state index contributed by atoms with van der Waals surface area (Å²) in [5.41, 5.74) is 1.44. The quantitative estimate of drug-likeness (QED) is 0.518. The number of carbonyl (C=O) groups is 1. The van der Waals surface area contributed by atoms with E-state index in [1.807, 2.05) is 0 Å². The van der Waals surface area contributed by atoms with Crippen LogP contribution < -0.4 is 0 Å². The predicted molar refractivity (Wildman–Crippen MR) is 80.6 cm³/mol. The maximum atomic E-state index is 13.3. The summed E-state index contributed by atoms with van der Waals surface area (Å²) >= 11 is 0. The number of halogens is 1. The molecule has 1 aromatic carbocycles. The number of unbranched alkanes of at least 4 members (excludes halogenated alkanes) is 5. The highest BCUT2D eigenvalue weighted by molar-refractivity contribution is 6.07. The summed E-state index contributed by atoms with van der Waals surface area (Å²) in [5, 5.41) is 0.695. The summed E-state index contributed by atoms with van der Waals surface area (Å²) < 4.78 is 13.3. The molecule has 2 aromatic rings. The van der Waals surface area contributed by atoms with Crippen LogP contribution in [0.3, 0.4) is 0 Å². The van der Waals surface area contributed by atoms with E-state index in [1.165, 1.54) is 37.8 Å². The van der Waals surface area contributed by atoms with Crippen LogP contribution >= 0.6 is 0 Å². The summed E-state index contributed by atoms with van der Waals surface area (Å²) in [6, 6.07) is 4.51. The number of H-pyrrole nitrogens is 1. The summed E-state index contributed by atoms with van der Waals surface area (Å²) in [6.45, 7) is 2.19. The van der Waals surface area contributed by atoms with E-state index in [0.717, 1.165) is 18.4 Å². The van der Waals surface area contributed by atoms with E-state index in [9.17, 15) is 9.18 Å². The Morgan fingerprint density at radius 1 is 1.15 bits per heavy atom. The number of carbonyl (C=O) groups excluding carboxylic acids is 1. The molecule has 0 aliphatic rings. The lowest BCUT2D eigenvalue weighted by Gasteiger charge is -2.01. The molecule has 0 aliphatic carbocycles. The molecule has 1 heterocycles. The second-order valence-electron chi connectivity index (χ2n) is 5.33. The SMILES string of the molecule is CCCCCCCCC(=O)c1c[nH]c2ccc(F)cc12. The van der Waals surface area contributed by atoms with E-state index in [0.29, 0.717) is 17.4 Å². The van der Waals surface area contributed by atoms with Crippen molar-refractivity contribution < 1.29 is 9.18 Å². The predicted octanol–water partition coefficient (Wildman–Crippen LogP) is 5.24. The van der Waals surface area contributed by atoms with Crippen molar-refractivity contribution in [2.24, 2.45) is 0 Å². The van der Waals surface area contributed by atoms with Crippen LogP contribution in [-0.2, 0) is 0 Å². The van der Waals surface area contributed by atoms with Crippen LogP contribution in [-0.4, -0.2) is 10.8 Å². The van der Waals surface area contributed by atoms with Gasteiger partial charge in [-0.05, 0) is 24.6 Å². The Morgan fingerprint density at radius 3 is 2.70 bits per heavy atom. The van der Waals surface area contributed by atoms with Gasteiger partial charge < -0.3 is 4.98 Å². The van der Waals surface area contributed by atoms with Gasteiger partial charge in [-0.3, -0.25) is 4.79 Å². The number of fused-ring (bicyclic) bond motifs is 1. The van der Waals surface area contributed by atoms with E-state index in [4.69, 9.17) is 0 Å². The van der Waals surface area contributed by atoms with E-state index in [-0.39, 0.29) is 11.6 Å². The molecule has 1 aromatic heterocycles. The largest absolute Gasteiger partial charge is 0.360 e. The maximum Gasteiger partial charge on any atom is 0.165 e. The molecule has 0 spiro atoms. The zero-order chi connectivity index (χ0) is 14.4. The molecule has 0 amide bonds. The second-order valence-corrected chi connectivity index (χ2v) is 5.33. The molecule has 2 nitrogen and oxygen atoms in total. The lowest BCUT2D eigenvalue weighted by atomic mass is 10.0. The van der Waals surface area contributed by atoms with Gasteiger partial charge in [0.15, 0.2) is 5.78 Å². The van der Waals surface area contributed by atoms with Crippen molar-refractivity contribution in [3.63, 3.8) is 0 Å². The number of aromatic nitrogens is 1. The highest BCUT2D eigenvalue weighted by Crippen LogP contribution is 2.21. The highest BCUT2D eigenvalue weighted by Gasteiger charge is 2.12. The first-order valence-corrected chi connectivity index (χ1v) is 7.52. The molecule has 0 saturated heterocycles. The first-order valence-electron chi connectivity index (χ1n) is 7.52. The van der Waals surface area contributed by atoms with Crippen molar-refractivity contribution in [3.05, 3.63) is 35.8 Å². The van der Waals surface area contributed by atoms with Crippen LogP contribution in [0.4, 0.5) is 4.39 Å². The first kappa shape index (κ1) is 14.8. The van der Waals surface area contributed by atoms with Gasteiger partial charge in [-0.2, -0.15) is 0 Å². The summed E-state index contributed by atoms with van der Waals surface area (Å²) in [4.78, 5) is 15.2. The lowest BCUT2D eigenvalue weighted by molar-refractivity contribution is 0.0980. The third-order valence-electron chi connectivity index (χ3n) is 3.70.